The van der Waals surface area contributed by atoms with E-state index in [1.165, 1.54) is 5.56 Å². The number of urea groups is 1. The van der Waals surface area contributed by atoms with Crippen LogP contribution in [0.25, 0.3) is 0 Å². The molecule has 0 radical (unpaired) electrons. The van der Waals surface area contributed by atoms with Gasteiger partial charge in [0.2, 0.25) is 6.79 Å². The van der Waals surface area contributed by atoms with Gasteiger partial charge in [-0.15, -0.1) is 0 Å². The fourth-order valence-corrected chi connectivity index (χ4v) is 6.06. The second kappa shape index (κ2) is 9.20. The maximum absolute atomic E-state index is 13.3. The molecule has 2 bridgehead atoms. The zero-order chi connectivity index (χ0) is 26.6. The van der Waals surface area contributed by atoms with Crippen LogP contribution in [0.4, 0.5) is 10.5 Å². The number of nitrogens with zero attached hydrogens (tertiary/aromatic N) is 3. The normalized spacial score (nSPS) is 23.6. The van der Waals surface area contributed by atoms with Crippen LogP contribution >= 0.6 is 0 Å². The Balaban J connectivity index is 1.00. The third-order valence-electron chi connectivity index (χ3n) is 8.06. The first-order valence-electron chi connectivity index (χ1n) is 13.4. The average molecular weight is 527 g/mol. The molecular formula is C30H30N4O5. The summed E-state index contributed by atoms with van der Waals surface area (Å²) in [6.07, 6.45) is 0.632. The van der Waals surface area contributed by atoms with E-state index in [9.17, 15) is 9.59 Å². The van der Waals surface area contributed by atoms with Crippen LogP contribution in [0.15, 0.2) is 66.7 Å². The predicted molar refractivity (Wildman–Crippen MR) is 144 cm³/mol. The lowest BCUT2D eigenvalue weighted by Gasteiger charge is -2.50. The van der Waals surface area contributed by atoms with Gasteiger partial charge < -0.3 is 24.4 Å². The van der Waals surface area contributed by atoms with Crippen molar-refractivity contribution in [3.05, 3.63) is 83.4 Å². The van der Waals surface area contributed by atoms with Crippen LogP contribution in [0.5, 0.6) is 17.2 Å². The Kier molecular flexibility index (Phi) is 5.62. The van der Waals surface area contributed by atoms with E-state index in [4.69, 9.17) is 14.2 Å². The molecule has 3 aromatic rings. The largest absolute Gasteiger partial charge is 0.467 e. The molecule has 200 valence electrons. The molecule has 3 amide bonds. The smallest absolute Gasteiger partial charge is 0.325 e. The first kappa shape index (κ1) is 23.8. The minimum Gasteiger partial charge on any atom is -0.467 e. The van der Waals surface area contributed by atoms with E-state index in [1.807, 2.05) is 60.4 Å². The second-order valence-electron chi connectivity index (χ2n) is 10.7. The standard InChI is InChI=1S/C30H30N4O5/c1-30-17-24(23-4-2-3-5-25(23)39-30)31-29(36)34(30)22-9-7-21(8-10-22)28(35)33-14-12-32(13-15-33)18-20-6-11-26-27(16-20)38-19-37-26/h2-11,16,24H,12-15,17-19H2,1H3,(H,31,36). The van der Waals surface area contributed by atoms with Gasteiger partial charge in [0.25, 0.3) is 5.91 Å². The monoisotopic (exact) mass is 526 g/mol. The van der Waals surface area contributed by atoms with Gasteiger partial charge in [-0.1, -0.05) is 24.3 Å². The Labute approximate surface area is 226 Å². The van der Waals surface area contributed by atoms with Crippen LogP contribution in [-0.2, 0) is 6.54 Å². The number of piperazine rings is 1. The summed E-state index contributed by atoms with van der Waals surface area (Å²) in [7, 11) is 0. The lowest BCUT2D eigenvalue weighted by molar-refractivity contribution is 0.0379. The maximum atomic E-state index is 13.3. The van der Waals surface area contributed by atoms with Gasteiger partial charge in [0.1, 0.15) is 5.75 Å². The molecular weight excluding hydrogens is 496 g/mol. The molecule has 0 spiro atoms. The number of hydrogen-bond acceptors (Lipinski definition) is 6. The van der Waals surface area contributed by atoms with Gasteiger partial charge in [-0.25, -0.2) is 4.79 Å². The average Bonchev–Trinajstić information content (AvgIpc) is 3.41. The number of rotatable bonds is 4. The van der Waals surface area contributed by atoms with E-state index in [2.05, 4.69) is 16.3 Å². The van der Waals surface area contributed by atoms with Crippen molar-refractivity contribution in [2.45, 2.75) is 31.7 Å². The lowest BCUT2D eigenvalue weighted by atomic mass is 9.90. The van der Waals surface area contributed by atoms with Crippen molar-refractivity contribution in [1.82, 2.24) is 15.1 Å². The maximum Gasteiger partial charge on any atom is 0.325 e. The molecule has 2 unspecified atom stereocenters. The number of fused-ring (bicyclic) bond motifs is 5. The Morgan fingerprint density at radius 1 is 0.949 bits per heavy atom. The Morgan fingerprint density at radius 3 is 2.54 bits per heavy atom. The molecule has 2 fully saturated rings. The third kappa shape index (κ3) is 4.23. The molecule has 0 aromatic heterocycles. The fraction of sp³-hybridized carbons (Fsp3) is 0.333. The highest BCUT2D eigenvalue weighted by Gasteiger charge is 2.49. The van der Waals surface area contributed by atoms with Crippen molar-refractivity contribution in [3.8, 4) is 17.2 Å². The SMILES string of the molecule is CC12CC(NC(=O)N1c1ccc(C(=O)N3CCN(Cc4ccc5c(c4)OCO5)CC3)cc1)c1ccccc1O2. The molecule has 2 atom stereocenters. The van der Waals surface area contributed by atoms with Gasteiger partial charge in [0, 0.05) is 56.0 Å². The number of anilines is 1. The number of amides is 3. The lowest BCUT2D eigenvalue weighted by Crippen LogP contribution is -2.65. The summed E-state index contributed by atoms with van der Waals surface area (Å²) < 4.78 is 17.2. The minimum absolute atomic E-state index is 0.00138. The molecule has 9 nitrogen and oxygen atoms in total. The Hall–Kier alpha value is -4.24. The van der Waals surface area contributed by atoms with Gasteiger partial charge in [0.15, 0.2) is 17.2 Å². The van der Waals surface area contributed by atoms with Crippen molar-refractivity contribution in [3.63, 3.8) is 0 Å². The van der Waals surface area contributed by atoms with Crippen LogP contribution < -0.4 is 24.4 Å². The zero-order valence-electron chi connectivity index (χ0n) is 21.8. The Morgan fingerprint density at radius 2 is 1.72 bits per heavy atom. The van der Waals surface area contributed by atoms with E-state index < -0.39 is 5.72 Å². The second-order valence-corrected chi connectivity index (χ2v) is 10.7. The van der Waals surface area contributed by atoms with Crippen molar-refractivity contribution < 1.29 is 23.8 Å². The number of nitrogens with one attached hydrogen (secondary N) is 1. The quantitative estimate of drug-likeness (QED) is 0.550. The number of carbonyl (C=O) groups excluding carboxylic acids is 2. The highest BCUT2D eigenvalue weighted by Crippen LogP contribution is 2.45. The third-order valence-corrected chi connectivity index (χ3v) is 8.06. The molecule has 39 heavy (non-hydrogen) atoms. The van der Waals surface area contributed by atoms with Crippen molar-refractivity contribution >= 4 is 17.6 Å². The number of hydrogen-bond donors (Lipinski definition) is 1. The van der Waals surface area contributed by atoms with E-state index in [-0.39, 0.29) is 24.8 Å². The summed E-state index contributed by atoms with van der Waals surface area (Å²) in [6, 6.07) is 20.8. The molecule has 9 heteroatoms. The van der Waals surface area contributed by atoms with Crippen molar-refractivity contribution in [1.29, 1.82) is 0 Å². The summed E-state index contributed by atoms with van der Waals surface area (Å²) >= 11 is 0. The predicted octanol–water partition coefficient (Wildman–Crippen LogP) is 4.14. The van der Waals surface area contributed by atoms with Gasteiger partial charge in [-0.05, 0) is 55.0 Å². The van der Waals surface area contributed by atoms with Crippen LogP contribution in [0, 0.1) is 0 Å². The highest BCUT2D eigenvalue weighted by molar-refractivity contribution is 5.97. The van der Waals surface area contributed by atoms with Crippen LogP contribution in [0.1, 0.15) is 40.9 Å². The molecule has 1 N–H and O–H groups in total. The van der Waals surface area contributed by atoms with Gasteiger partial charge in [-0.2, -0.15) is 0 Å². The van der Waals surface area contributed by atoms with Gasteiger partial charge in [-0.3, -0.25) is 14.6 Å². The number of para-hydroxylation sites is 1. The first-order valence-corrected chi connectivity index (χ1v) is 13.4. The van der Waals surface area contributed by atoms with E-state index in [1.54, 1.807) is 17.0 Å². The Bertz CT molecular complexity index is 1440. The van der Waals surface area contributed by atoms with Crippen molar-refractivity contribution in [2.24, 2.45) is 0 Å². The van der Waals surface area contributed by atoms with E-state index in [0.29, 0.717) is 30.8 Å². The van der Waals surface area contributed by atoms with Crippen LogP contribution in [0.2, 0.25) is 0 Å². The number of carbonyl (C=O) groups is 2. The summed E-state index contributed by atoms with van der Waals surface area (Å²) in [4.78, 5) is 32.3. The minimum atomic E-state index is -0.818. The van der Waals surface area contributed by atoms with Crippen LogP contribution in [0.3, 0.4) is 0 Å². The molecule has 0 aliphatic carbocycles. The van der Waals surface area contributed by atoms with Gasteiger partial charge >= 0.3 is 6.03 Å². The first-order chi connectivity index (χ1) is 19.0. The highest BCUT2D eigenvalue weighted by atomic mass is 16.7. The summed E-state index contributed by atoms with van der Waals surface area (Å²) in [5.74, 6) is 2.36. The van der Waals surface area contributed by atoms with E-state index in [0.717, 1.165) is 42.4 Å². The molecule has 2 saturated heterocycles. The summed E-state index contributed by atoms with van der Waals surface area (Å²) in [6.45, 7) is 5.93. The molecule has 3 aromatic carbocycles. The molecule has 4 heterocycles. The van der Waals surface area contributed by atoms with Crippen LogP contribution in [-0.4, -0.2) is 60.4 Å². The molecule has 0 saturated carbocycles. The van der Waals surface area contributed by atoms with Gasteiger partial charge in [0.05, 0.1) is 6.04 Å². The molecule has 4 aliphatic rings. The number of benzene rings is 3. The topological polar surface area (TPSA) is 83.6 Å². The van der Waals surface area contributed by atoms with Crippen molar-refractivity contribution in [2.75, 3.05) is 37.9 Å². The summed E-state index contributed by atoms with van der Waals surface area (Å²) in [5.41, 5.74) is 2.65. The zero-order valence-corrected chi connectivity index (χ0v) is 21.8. The molecule has 7 rings (SSSR count). The summed E-state index contributed by atoms with van der Waals surface area (Å²) in [5, 5.41) is 3.11. The number of ether oxygens (including phenoxy) is 3. The fourth-order valence-electron chi connectivity index (χ4n) is 6.06. The van der Waals surface area contributed by atoms with E-state index >= 15 is 0 Å². The molecule has 4 aliphatic heterocycles.